The summed E-state index contributed by atoms with van der Waals surface area (Å²) in [4.78, 5) is 26.7. The van der Waals surface area contributed by atoms with Gasteiger partial charge in [0.2, 0.25) is 5.88 Å². The largest absolute Gasteiger partial charge is 0.474 e. The number of sulfone groups is 1. The number of hydrogen-bond donors (Lipinski definition) is 1. The van der Waals surface area contributed by atoms with Crippen molar-refractivity contribution in [3.05, 3.63) is 77.6 Å². The molecule has 0 spiro atoms. The minimum Gasteiger partial charge on any atom is -0.474 e. The predicted octanol–water partition coefficient (Wildman–Crippen LogP) is 3.47. The summed E-state index contributed by atoms with van der Waals surface area (Å²) in [6.07, 6.45) is 4.10. The predicted molar refractivity (Wildman–Crippen MR) is 136 cm³/mol. The highest BCUT2D eigenvalue weighted by Gasteiger charge is 2.25. The van der Waals surface area contributed by atoms with Crippen LogP contribution >= 0.6 is 0 Å². The molecule has 10 heteroatoms. The first-order chi connectivity index (χ1) is 17.9. The number of fused-ring (bicyclic) bond motifs is 2. The number of amides is 1. The van der Waals surface area contributed by atoms with Gasteiger partial charge in [0.1, 0.15) is 6.10 Å². The van der Waals surface area contributed by atoms with Gasteiger partial charge in [-0.05, 0) is 54.8 Å². The molecule has 1 aliphatic heterocycles. The Morgan fingerprint density at radius 3 is 2.78 bits per heavy atom. The highest BCUT2D eigenvalue weighted by molar-refractivity contribution is 7.91. The van der Waals surface area contributed by atoms with E-state index < -0.39 is 9.84 Å². The summed E-state index contributed by atoms with van der Waals surface area (Å²) in [5.74, 6) is 0.107. The Balaban J connectivity index is 1.19. The van der Waals surface area contributed by atoms with Crippen molar-refractivity contribution in [3.8, 4) is 17.3 Å². The molecule has 2 aliphatic rings. The Bertz CT molecular complexity index is 1620. The van der Waals surface area contributed by atoms with Gasteiger partial charge in [-0.3, -0.25) is 9.78 Å². The van der Waals surface area contributed by atoms with E-state index in [1.165, 1.54) is 6.07 Å². The number of nitrogens with one attached hydrogen (secondary N) is 1. The van der Waals surface area contributed by atoms with Crippen LogP contribution in [0, 0.1) is 0 Å². The van der Waals surface area contributed by atoms with Gasteiger partial charge in [0.05, 0.1) is 53.0 Å². The summed E-state index contributed by atoms with van der Waals surface area (Å²) in [7, 11) is -3.50. The van der Waals surface area contributed by atoms with E-state index >= 15 is 0 Å². The molecule has 0 atom stereocenters. The number of rotatable bonds is 6. The number of carbonyl (C=O) groups is 1. The van der Waals surface area contributed by atoms with Crippen LogP contribution in [-0.4, -0.2) is 47.7 Å². The van der Waals surface area contributed by atoms with Crippen LogP contribution in [0.3, 0.4) is 0 Å². The molecule has 4 aromatic rings. The summed E-state index contributed by atoms with van der Waals surface area (Å²) < 4.78 is 36.2. The lowest BCUT2D eigenvalue weighted by molar-refractivity contribution is 0.0950. The summed E-state index contributed by atoms with van der Waals surface area (Å²) in [6, 6.07) is 16.0. The molecule has 188 valence electrons. The molecule has 9 nitrogen and oxygen atoms in total. The minimum absolute atomic E-state index is 0.103. The van der Waals surface area contributed by atoms with Gasteiger partial charge in [0, 0.05) is 23.2 Å². The lowest BCUT2D eigenvalue weighted by Gasteiger charge is -2.10. The molecular formula is C27H24N4O5S. The molecule has 1 amide bonds. The standard InChI is InChI=1S/C27H24N4O5S/c32-27(17-4-5-19-16-35-10-11-37(33,34)25(19)12-17)29-15-20-13-24-18(14-28-20)6-9-23(30-24)22-2-1-3-26(31-22)36-21-7-8-21/h1-6,9,12-14,21H,7-8,10-11,15-16H2,(H,29,32). The van der Waals surface area contributed by atoms with Gasteiger partial charge in [-0.2, -0.15) is 0 Å². The Morgan fingerprint density at radius 1 is 1.05 bits per heavy atom. The molecule has 1 aromatic carbocycles. The normalized spacial score (nSPS) is 16.5. The fourth-order valence-electron chi connectivity index (χ4n) is 4.12. The summed E-state index contributed by atoms with van der Waals surface area (Å²) in [5, 5.41) is 3.69. The van der Waals surface area contributed by atoms with Crippen molar-refractivity contribution in [1.29, 1.82) is 0 Å². The van der Waals surface area contributed by atoms with E-state index in [4.69, 9.17) is 14.5 Å². The first-order valence-electron chi connectivity index (χ1n) is 12.1. The van der Waals surface area contributed by atoms with Gasteiger partial charge in [0.25, 0.3) is 5.91 Å². The SMILES string of the molecule is O=C(NCc1cc2nc(-c3cccc(OC4CC4)n3)ccc2cn1)c1ccc2c(c1)S(=O)(=O)CCOC2. The third-order valence-electron chi connectivity index (χ3n) is 6.28. The monoisotopic (exact) mass is 516 g/mol. The molecule has 1 fully saturated rings. The Morgan fingerprint density at radius 2 is 1.92 bits per heavy atom. The van der Waals surface area contributed by atoms with Crippen LogP contribution in [0.5, 0.6) is 5.88 Å². The summed E-state index contributed by atoms with van der Waals surface area (Å²) in [5.41, 5.74) is 3.61. The zero-order valence-corrected chi connectivity index (χ0v) is 20.7. The van der Waals surface area contributed by atoms with E-state index in [-0.39, 0.29) is 48.0 Å². The van der Waals surface area contributed by atoms with Gasteiger partial charge in [0.15, 0.2) is 9.84 Å². The smallest absolute Gasteiger partial charge is 0.251 e. The van der Waals surface area contributed by atoms with Crippen molar-refractivity contribution >= 4 is 26.6 Å². The molecule has 4 heterocycles. The van der Waals surface area contributed by atoms with E-state index in [9.17, 15) is 13.2 Å². The average Bonchev–Trinajstić information content (AvgIpc) is 3.74. The molecular weight excluding hydrogens is 492 g/mol. The maximum atomic E-state index is 12.8. The molecule has 1 saturated carbocycles. The van der Waals surface area contributed by atoms with Crippen molar-refractivity contribution in [3.63, 3.8) is 0 Å². The highest BCUT2D eigenvalue weighted by atomic mass is 32.2. The number of nitrogens with zero attached hydrogens (tertiary/aromatic N) is 3. The molecule has 0 radical (unpaired) electrons. The second-order valence-corrected chi connectivity index (χ2v) is 11.2. The van der Waals surface area contributed by atoms with E-state index in [1.54, 1.807) is 18.3 Å². The Hall–Kier alpha value is -3.89. The van der Waals surface area contributed by atoms with Crippen LogP contribution in [0.25, 0.3) is 22.3 Å². The van der Waals surface area contributed by atoms with Gasteiger partial charge >= 0.3 is 0 Å². The maximum Gasteiger partial charge on any atom is 0.251 e. The van der Waals surface area contributed by atoms with Gasteiger partial charge in [-0.1, -0.05) is 12.1 Å². The van der Waals surface area contributed by atoms with Crippen molar-refractivity contribution in [2.24, 2.45) is 0 Å². The van der Waals surface area contributed by atoms with Crippen LogP contribution in [0.1, 0.15) is 34.5 Å². The van der Waals surface area contributed by atoms with Gasteiger partial charge < -0.3 is 14.8 Å². The fourth-order valence-corrected chi connectivity index (χ4v) is 5.51. The maximum absolute atomic E-state index is 12.8. The number of aromatic nitrogens is 3. The lowest BCUT2D eigenvalue weighted by atomic mass is 10.1. The lowest BCUT2D eigenvalue weighted by Crippen LogP contribution is -2.23. The van der Waals surface area contributed by atoms with Crippen LogP contribution in [-0.2, 0) is 27.7 Å². The van der Waals surface area contributed by atoms with E-state index in [0.29, 0.717) is 22.8 Å². The molecule has 0 bridgehead atoms. The fraction of sp³-hybridized carbons (Fsp3) is 0.259. The van der Waals surface area contributed by atoms with Gasteiger partial charge in [-0.25, -0.2) is 18.4 Å². The van der Waals surface area contributed by atoms with Crippen LogP contribution < -0.4 is 10.1 Å². The molecule has 0 unspecified atom stereocenters. The van der Waals surface area contributed by atoms with Crippen molar-refractivity contribution in [1.82, 2.24) is 20.3 Å². The molecule has 1 aliphatic carbocycles. The van der Waals surface area contributed by atoms with Crippen molar-refractivity contribution in [2.45, 2.75) is 37.0 Å². The van der Waals surface area contributed by atoms with E-state index in [2.05, 4.69) is 15.3 Å². The Labute approximate surface area is 213 Å². The second-order valence-electron chi connectivity index (χ2n) is 9.12. The number of hydrogen-bond acceptors (Lipinski definition) is 8. The number of carbonyl (C=O) groups excluding carboxylic acids is 1. The van der Waals surface area contributed by atoms with Crippen molar-refractivity contribution < 1.29 is 22.7 Å². The third kappa shape index (κ3) is 5.16. The van der Waals surface area contributed by atoms with Crippen LogP contribution in [0.4, 0.5) is 0 Å². The van der Waals surface area contributed by atoms with Gasteiger partial charge in [-0.15, -0.1) is 0 Å². The number of pyridine rings is 3. The minimum atomic E-state index is -3.50. The Kier molecular flexibility index (Phi) is 6.05. The topological polar surface area (TPSA) is 120 Å². The van der Waals surface area contributed by atoms with E-state index in [1.807, 2.05) is 36.4 Å². The zero-order chi connectivity index (χ0) is 25.4. The molecule has 37 heavy (non-hydrogen) atoms. The van der Waals surface area contributed by atoms with Crippen molar-refractivity contribution in [2.75, 3.05) is 12.4 Å². The molecule has 3 aromatic heterocycles. The quantitative estimate of drug-likeness (QED) is 0.414. The number of benzene rings is 1. The summed E-state index contributed by atoms with van der Waals surface area (Å²) in [6.45, 7) is 0.508. The zero-order valence-electron chi connectivity index (χ0n) is 19.9. The molecule has 6 rings (SSSR count). The first-order valence-corrected chi connectivity index (χ1v) is 13.7. The molecule has 1 N–H and O–H groups in total. The highest BCUT2D eigenvalue weighted by Crippen LogP contribution is 2.28. The summed E-state index contributed by atoms with van der Waals surface area (Å²) >= 11 is 0. The third-order valence-corrected chi connectivity index (χ3v) is 8.03. The number of ether oxygens (including phenoxy) is 2. The molecule has 0 saturated heterocycles. The average molecular weight is 517 g/mol. The van der Waals surface area contributed by atoms with E-state index in [0.717, 1.165) is 29.4 Å². The van der Waals surface area contributed by atoms with Crippen LogP contribution in [0.15, 0.2) is 65.7 Å². The van der Waals surface area contributed by atoms with Crippen LogP contribution in [0.2, 0.25) is 0 Å². The second kappa shape index (κ2) is 9.53. The first kappa shape index (κ1) is 23.5.